The van der Waals surface area contributed by atoms with E-state index >= 15 is 0 Å². The molecule has 1 aliphatic rings. The Morgan fingerprint density at radius 3 is 2.33 bits per heavy atom. The summed E-state index contributed by atoms with van der Waals surface area (Å²) >= 11 is 1.34. The Morgan fingerprint density at radius 1 is 0.870 bits per heavy atom. The number of amides is 1. The number of aromatic nitrogens is 3. The van der Waals surface area contributed by atoms with E-state index in [0.717, 1.165) is 27.8 Å². The van der Waals surface area contributed by atoms with Crippen LogP contribution in [0.3, 0.4) is 0 Å². The molecule has 3 N–H and O–H groups in total. The van der Waals surface area contributed by atoms with Crippen molar-refractivity contribution < 1.29 is 29.3 Å². The van der Waals surface area contributed by atoms with Gasteiger partial charge in [-0.1, -0.05) is 67.6 Å². The van der Waals surface area contributed by atoms with E-state index in [1.54, 1.807) is 18.3 Å². The fourth-order valence-corrected chi connectivity index (χ4v) is 6.42. The van der Waals surface area contributed by atoms with Crippen LogP contribution in [0.4, 0.5) is 0 Å². The van der Waals surface area contributed by atoms with Crippen LogP contribution < -0.4 is 5.32 Å². The largest absolute Gasteiger partial charge is 0.478 e. The molecule has 11 heteroatoms. The van der Waals surface area contributed by atoms with Crippen molar-refractivity contribution in [3.63, 3.8) is 0 Å². The average Bonchev–Trinajstić information content (AvgIpc) is 3.10. The molecule has 0 bridgehead atoms. The van der Waals surface area contributed by atoms with Gasteiger partial charge in [0.2, 0.25) is 0 Å². The molecule has 4 atom stereocenters. The van der Waals surface area contributed by atoms with Gasteiger partial charge in [-0.25, -0.2) is 14.8 Å². The predicted molar refractivity (Wildman–Crippen MR) is 172 cm³/mol. The molecule has 1 saturated heterocycles. The minimum atomic E-state index is -1.03. The summed E-state index contributed by atoms with van der Waals surface area (Å²) in [5.74, 6) is -0.957. The predicted octanol–water partition coefficient (Wildman–Crippen LogP) is 5.73. The summed E-state index contributed by atoms with van der Waals surface area (Å²) in [7, 11) is 0. The van der Waals surface area contributed by atoms with E-state index in [2.05, 4.69) is 20.3 Å². The number of fused-ring (bicyclic) bond motifs is 1. The van der Waals surface area contributed by atoms with Crippen molar-refractivity contribution in [3.8, 4) is 0 Å². The van der Waals surface area contributed by atoms with Gasteiger partial charge in [-0.2, -0.15) is 0 Å². The maximum atomic E-state index is 12.8. The molecule has 3 heterocycles. The number of para-hydroxylation sites is 2. The molecule has 1 fully saturated rings. The van der Waals surface area contributed by atoms with Gasteiger partial charge in [0.05, 0.1) is 41.6 Å². The molecular formula is C35H32N4O6S. The highest BCUT2D eigenvalue weighted by atomic mass is 32.2. The van der Waals surface area contributed by atoms with Crippen LogP contribution in [-0.2, 0) is 22.6 Å². The number of rotatable bonds is 10. The minimum absolute atomic E-state index is 0.0508. The topological polar surface area (TPSA) is 144 Å². The summed E-state index contributed by atoms with van der Waals surface area (Å²) < 4.78 is 13.0. The third-order valence-corrected chi connectivity index (χ3v) is 8.99. The van der Waals surface area contributed by atoms with E-state index in [1.807, 2.05) is 79.7 Å². The molecule has 1 amide bonds. The highest BCUT2D eigenvalue weighted by molar-refractivity contribution is 7.99. The molecule has 5 aromatic rings. The van der Waals surface area contributed by atoms with Gasteiger partial charge in [0, 0.05) is 30.0 Å². The fourth-order valence-electron chi connectivity index (χ4n) is 5.27. The lowest BCUT2D eigenvalue weighted by molar-refractivity contribution is -0.268. The summed E-state index contributed by atoms with van der Waals surface area (Å²) in [6, 6.07) is 25.8. The number of aliphatic hydroxyl groups is 1. The molecule has 0 aliphatic carbocycles. The van der Waals surface area contributed by atoms with Crippen molar-refractivity contribution in [2.75, 3.05) is 5.75 Å². The summed E-state index contributed by atoms with van der Waals surface area (Å²) in [4.78, 5) is 37.5. The van der Waals surface area contributed by atoms with E-state index < -0.39 is 12.3 Å². The molecule has 6 rings (SSSR count). The third kappa shape index (κ3) is 7.08. The van der Waals surface area contributed by atoms with Crippen LogP contribution in [0.5, 0.6) is 0 Å². The van der Waals surface area contributed by atoms with Crippen molar-refractivity contribution in [1.29, 1.82) is 0 Å². The first-order chi connectivity index (χ1) is 22.4. The second-order valence-electron chi connectivity index (χ2n) is 11.0. The zero-order chi connectivity index (χ0) is 32.0. The van der Waals surface area contributed by atoms with E-state index in [0.29, 0.717) is 22.8 Å². The Hall–Kier alpha value is -4.68. The molecule has 2 aromatic heterocycles. The van der Waals surface area contributed by atoms with E-state index in [9.17, 15) is 19.8 Å². The number of carboxylic acid groups (broad SMARTS) is 1. The third-order valence-electron chi connectivity index (χ3n) is 7.90. The molecule has 234 valence electrons. The number of aromatic carboxylic acids is 1. The van der Waals surface area contributed by atoms with Crippen molar-refractivity contribution in [2.24, 2.45) is 5.92 Å². The molecule has 46 heavy (non-hydrogen) atoms. The second-order valence-corrected chi connectivity index (χ2v) is 12.0. The number of nitrogens with zero attached hydrogens (tertiary/aromatic N) is 3. The minimum Gasteiger partial charge on any atom is -0.478 e. The Bertz CT molecular complexity index is 1840. The molecule has 0 saturated carbocycles. The maximum Gasteiger partial charge on any atom is 0.338 e. The van der Waals surface area contributed by atoms with Crippen LogP contribution in [0.1, 0.15) is 62.4 Å². The number of aliphatic hydroxyl groups excluding tert-OH is 1. The molecule has 0 unspecified atom stereocenters. The summed E-state index contributed by atoms with van der Waals surface area (Å²) in [6.07, 6.45) is 1.75. The Kier molecular flexibility index (Phi) is 9.65. The number of ether oxygens (including phenoxy) is 2. The maximum absolute atomic E-state index is 12.8. The lowest BCUT2D eigenvalue weighted by Crippen LogP contribution is -2.38. The Morgan fingerprint density at radius 2 is 1.59 bits per heavy atom. The number of carboxylic acids is 1. The van der Waals surface area contributed by atoms with Gasteiger partial charge in [-0.3, -0.25) is 9.78 Å². The first-order valence-corrected chi connectivity index (χ1v) is 15.8. The first-order valence-electron chi connectivity index (χ1n) is 14.8. The van der Waals surface area contributed by atoms with Crippen LogP contribution in [-0.4, -0.2) is 48.9 Å². The van der Waals surface area contributed by atoms with Crippen molar-refractivity contribution in [1.82, 2.24) is 20.3 Å². The number of benzene rings is 3. The molecule has 0 spiro atoms. The van der Waals surface area contributed by atoms with Crippen molar-refractivity contribution >= 4 is 34.7 Å². The quantitative estimate of drug-likeness (QED) is 0.163. The summed E-state index contributed by atoms with van der Waals surface area (Å²) in [5, 5.41) is 22.5. The van der Waals surface area contributed by atoms with Gasteiger partial charge >= 0.3 is 5.97 Å². The zero-order valence-corrected chi connectivity index (χ0v) is 25.8. The lowest BCUT2D eigenvalue weighted by Gasteiger charge is -2.41. The molecule has 1 aliphatic heterocycles. The number of carbonyl (C=O) groups excluding carboxylic acids is 1. The number of hydrogen-bond acceptors (Lipinski definition) is 9. The second kappa shape index (κ2) is 14.2. The van der Waals surface area contributed by atoms with Crippen LogP contribution >= 0.6 is 11.8 Å². The van der Waals surface area contributed by atoms with Gasteiger partial charge in [0.25, 0.3) is 5.91 Å². The van der Waals surface area contributed by atoms with Crippen LogP contribution in [0.25, 0.3) is 11.0 Å². The number of hydrogen-bond donors (Lipinski definition) is 3. The first kappa shape index (κ1) is 31.3. The van der Waals surface area contributed by atoms with E-state index in [4.69, 9.17) is 9.47 Å². The fraction of sp³-hybridized carbons (Fsp3) is 0.229. The van der Waals surface area contributed by atoms with Gasteiger partial charge in [0.1, 0.15) is 10.7 Å². The number of thioether (sulfide) groups is 1. The highest BCUT2D eigenvalue weighted by Crippen LogP contribution is 2.43. The molecule has 0 radical (unpaired) electrons. The summed E-state index contributed by atoms with van der Waals surface area (Å²) in [6.45, 7) is 2.30. The van der Waals surface area contributed by atoms with Crippen molar-refractivity contribution in [3.05, 3.63) is 131 Å². The number of carbonyl (C=O) groups is 2. The molecule has 3 aromatic carbocycles. The zero-order valence-electron chi connectivity index (χ0n) is 24.9. The van der Waals surface area contributed by atoms with Crippen LogP contribution in [0, 0.1) is 5.92 Å². The standard InChI is InChI=1S/C35H32N4O6S/c1-21-30(20-46-33-26(34(42)43)5-4-16-36-33)44-35(45-31(21)24-12-10-23(19-40)11-13-24)25-14-8-22(9-15-25)17-38-32(41)29-18-37-27-6-2-3-7-28(27)39-29/h2-16,18,21,30-31,35,40H,17,19-20H2,1H3,(H,38,41)(H,42,43)/t21-,30+,31+,35+/m0/s1. The van der Waals surface area contributed by atoms with Gasteiger partial charge in [0.15, 0.2) is 6.29 Å². The normalized spacial score (nSPS) is 19.5. The smallest absolute Gasteiger partial charge is 0.338 e. The van der Waals surface area contributed by atoms with E-state index in [1.165, 1.54) is 18.0 Å². The summed E-state index contributed by atoms with van der Waals surface area (Å²) in [5.41, 5.74) is 5.22. The van der Waals surface area contributed by atoms with Crippen LogP contribution in [0.15, 0.2) is 102 Å². The van der Waals surface area contributed by atoms with E-state index in [-0.39, 0.29) is 41.9 Å². The SMILES string of the molecule is C[C@H]1[C@@H](CSc2ncccc2C(=O)O)O[C@@H](c2ccc(CNC(=O)c3cnc4ccccc4n3)cc2)O[C@H]1c1ccc(CO)cc1. The van der Waals surface area contributed by atoms with Crippen molar-refractivity contribution in [2.45, 2.75) is 43.6 Å². The number of nitrogens with one attached hydrogen (secondary N) is 1. The monoisotopic (exact) mass is 636 g/mol. The van der Waals surface area contributed by atoms with Gasteiger partial charge in [-0.15, -0.1) is 11.8 Å². The molecule has 10 nitrogen and oxygen atoms in total. The highest BCUT2D eigenvalue weighted by Gasteiger charge is 2.38. The average molecular weight is 637 g/mol. The Labute approximate surface area is 269 Å². The Balaban J connectivity index is 1.17. The van der Waals surface area contributed by atoms with Crippen LogP contribution in [0.2, 0.25) is 0 Å². The molecular weight excluding hydrogens is 604 g/mol. The van der Waals surface area contributed by atoms with Gasteiger partial charge < -0.3 is 25.0 Å². The van der Waals surface area contributed by atoms with Gasteiger partial charge in [-0.05, 0) is 41.0 Å². The lowest BCUT2D eigenvalue weighted by atomic mass is 9.91. The number of pyridine rings is 1.